The fraction of sp³-hybridized carbons (Fsp3) is 0.636. The number of rotatable bonds is 2. The zero-order valence-corrected chi connectivity index (χ0v) is 10.4. The highest BCUT2D eigenvalue weighted by Crippen LogP contribution is 2.28. The Morgan fingerprint density at radius 2 is 2.11 bits per heavy atom. The molecule has 1 unspecified atom stereocenters. The molecule has 1 aliphatic rings. The summed E-state index contributed by atoms with van der Waals surface area (Å²) in [5, 5.41) is 16.4. The van der Waals surface area contributed by atoms with E-state index in [4.69, 9.17) is 9.84 Å². The van der Waals surface area contributed by atoms with Crippen LogP contribution in [0.3, 0.4) is 0 Å². The summed E-state index contributed by atoms with van der Waals surface area (Å²) in [5.74, 6) is 0. The van der Waals surface area contributed by atoms with Gasteiger partial charge in [0, 0.05) is 19.4 Å². The molecule has 0 saturated carbocycles. The third-order valence-electron chi connectivity index (χ3n) is 2.73. The fourth-order valence-electron chi connectivity index (χ4n) is 1.86. The number of ether oxygens (including phenoxy) is 1. The van der Waals surface area contributed by atoms with Gasteiger partial charge in [-0.3, -0.25) is 14.3 Å². The van der Waals surface area contributed by atoms with Crippen LogP contribution in [0.5, 0.6) is 0 Å². The summed E-state index contributed by atoms with van der Waals surface area (Å²) in [6.07, 6.45) is 1.57. The van der Waals surface area contributed by atoms with Crippen molar-refractivity contribution in [2.24, 2.45) is 0 Å². The van der Waals surface area contributed by atoms with Crippen LogP contribution in [-0.4, -0.2) is 39.1 Å². The lowest BCUT2D eigenvalue weighted by molar-refractivity contribution is -0.0545. The monoisotopic (exact) mass is 258 g/mol. The van der Waals surface area contributed by atoms with Gasteiger partial charge in [-0.25, -0.2) is 4.79 Å². The molecule has 0 aliphatic carbocycles. The summed E-state index contributed by atoms with van der Waals surface area (Å²) in [4.78, 5) is 24.5. The summed E-state index contributed by atoms with van der Waals surface area (Å²) in [5.41, 5.74) is -0.907. The van der Waals surface area contributed by atoms with Crippen LogP contribution in [0.2, 0.25) is 0 Å². The minimum absolute atomic E-state index is 0.246. The molecular formula is C11H18N2O5. The van der Waals surface area contributed by atoms with Crippen LogP contribution in [-0.2, 0) is 4.74 Å². The lowest BCUT2D eigenvalue weighted by Crippen LogP contribution is -2.32. The molecule has 7 nitrogen and oxygen atoms in total. The van der Waals surface area contributed by atoms with Gasteiger partial charge in [0.1, 0.15) is 6.23 Å². The Labute approximate surface area is 104 Å². The van der Waals surface area contributed by atoms with Crippen molar-refractivity contribution in [2.45, 2.75) is 38.2 Å². The fourth-order valence-corrected chi connectivity index (χ4v) is 1.86. The Morgan fingerprint density at radius 1 is 1.44 bits per heavy atom. The van der Waals surface area contributed by atoms with Gasteiger partial charge >= 0.3 is 5.69 Å². The molecule has 102 valence electrons. The van der Waals surface area contributed by atoms with Gasteiger partial charge in [0.05, 0.1) is 12.2 Å². The van der Waals surface area contributed by atoms with Crippen LogP contribution in [0.15, 0.2) is 21.9 Å². The molecule has 0 spiro atoms. The molecule has 3 atom stereocenters. The lowest BCUT2D eigenvalue weighted by atomic mass is 10.1. The molecule has 0 amide bonds. The Hall–Kier alpha value is -1.44. The van der Waals surface area contributed by atoms with Crippen molar-refractivity contribution in [3.05, 3.63) is 33.1 Å². The molecule has 1 aromatic rings. The van der Waals surface area contributed by atoms with Crippen molar-refractivity contribution in [2.75, 3.05) is 7.11 Å². The van der Waals surface area contributed by atoms with Crippen molar-refractivity contribution < 1.29 is 14.9 Å². The minimum Gasteiger partial charge on any atom is -0.400 e. The average molecular weight is 258 g/mol. The summed E-state index contributed by atoms with van der Waals surface area (Å²) in [6, 6.07) is 1.28. The summed E-state index contributed by atoms with van der Waals surface area (Å²) in [6.45, 7) is 1.66. The van der Waals surface area contributed by atoms with Gasteiger partial charge in [0.25, 0.3) is 5.56 Å². The third kappa shape index (κ3) is 3.28. The zero-order valence-electron chi connectivity index (χ0n) is 10.4. The molecule has 7 heteroatoms. The van der Waals surface area contributed by atoms with Crippen LogP contribution in [0, 0.1) is 0 Å². The zero-order chi connectivity index (χ0) is 13.7. The van der Waals surface area contributed by atoms with Gasteiger partial charge < -0.3 is 14.9 Å². The third-order valence-corrected chi connectivity index (χ3v) is 2.73. The highest BCUT2D eigenvalue weighted by atomic mass is 16.5. The van der Waals surface area contributed by atoms with Crippen LogP contribution >= 0.6 is 0 Å². The minimum atomic E-state index is -0.552. The molecule has 1 aliphatic heterocycles. The van der Waals surface area contributed by atoms with E-state index >= 15 is 0 Å². The largest absolute Gasteiger partial charge is 0.400 e. The van der Waals surface area contributed by atoms with Crippen LogP contribution in [0.25, 0.3) is 0 Å². The highest BCUT2D eigenvalue weighted by Gasteiger charge is 2.29. The SMILES string of the molecule is CO.C[C@H](O)C1CC[C@H](n2ccc(=O)[nH]c2=O)O1. The van der Waals surface area contributed by atoms with E-state index in [1.54, 1.807) is 6.92 Å². The number of nitrogens with zero attached hydrogens (tertiary/aromatic N) is 1. The van der Waals surface area contributed by atoms with Crippen molar-refractivity contribution in [3.63, 3.8) is 0 Å². The topological polar surface area (TPSA) is 105 Å². The maximum absolute atomic E-state index is 11.5. The number of aromatic amines is 1. The van der Waals surface area contributed by atoms with Crippen LogP contribution in [0.4, 0.5) is 0 Å². The summed E-state index contributed by atoms with van der Waals surface area (Å²) < 4.78 is 6.86. The molecule has 0 radical (unpaired) electrons. The van der Waals surface area contributed by atoms with Gasteiger partial charge in [0.2, 0.25) is 0 Å². The van der Waals surface area contributed by atoms with Gasteiger partial charge in [-0.05, 0) is 19.8 Å². The number of hydrogen-bond acceptors (Lipinski definition) is 5. The Bertz CT molecular complexity index is 479. The van der Waals surface area contributed by atoms with Crippen molar-refractivity contribution in [1.82, 2.24) is 9.55 Å². The predicted molar refractivity (Wildman–Crippen MR) is 64.3 cm³/mol. The van der Waals surface area contributed by atoms with E-state index in [0.29, 0.717) is 12.8 Å². The second kappa shape index (κ2) is 6.48. The highest BCUT2D eigenvalue weighted by molar-refractivity contribution is 4.86. The number of hydrogen-bond donors (Lipinski definition) is 3. The van der Waals surface area contributed by atoms with E-state index in [0.717, 1.165) is 7.11 Å². The second-order valence-corrected chi connectivity index (χ2v) is 3.96. The lowest BCUT2D eigenvalue weighted by Gasteiger charge is -2.16. The first-order chi connectivity index (χ1) is 8.58. The molecule has 1 fully saturated rings. The number of aliphatic hydroxyl groups excluding tert-OH is 2. The number of H-pyrrole nitrogens is 1. The molecule has 1 saturated heterocycles. The molecule has 18 heavy (non-hydrogen) atoms. The molecule has 2 heterocycles. The molecule has 0 aromatic carbocycles. The Kier molecular flexibility index (Phi) is 5.26. The van der Waals surface area contributed by atoms with Crippen molar-refractivity contribution >= 4 is 0 Å². The van der Waals surface area contributed by atoms with E-state index in [-0.39, 0.29) is 6.10 Å². The molecule has 0 bridgehead atoms. The predicted octanol–water partition coefficient (Wildman–Crippen LogP) is -0.797. The van der Waals surface area contributed by atoms with Crippen LogP contribution in [0.1, 0.15) is 26.0 Å². The quantitative estimate of drug-likeness (QED) is 0.644. The Balaban J connectivity index is 0.000000771. The maximum atomic E-state index is 11.5. The molecular weight excluding hydrogens is 240 g/mol. The molecule has 2 rings (SSSR count). The summed E-state index contributed by atoms with van der Waals surface area (Å²) >= 11 is 0. The number of nitrogens with one attached hydrogen (secondary N) is 1. The van der Waals surface area contributed by atoms with E-state index in [1.165, 1.54) is 16.8 Å². The van der Waals surface area contributed by atoms with Gasteiger partial charge in [-0.2, -0.15) is 0 Å². The number of aromatic nitrogens is 2. The Morgan fingerprint density at radius 3 is 2.61 bits per heavy atom. The maximum Gasteiger partial charge on any atom is 0.330 e. The second-order valence-electron chi connectivity index (χ2n) is 3.96. The van der Waals surface area contributed by atoms with Gasteiger partial charge in [-0.1, -0.05) is 0 Å². The standard InChI is InChI=1S/C10H14N2O4.CH4O/c1-6(13)7-2-3-9(16-7)12-5-4-8(14)11-10(12)15;1-2/h4-7,9,13H,2-3H2,1H3,(H,11,14,15);2H,1H3/t6-,7?,9+;/m0./s1. The van der Waals surface area contributed by atoms with Gasteiger partial charge in [0.15, 0.2) is 0 Å². The van der Waals surface area contributed by atoms with E-state index < -0.39 is 23.6 Å². The van der Waals surface area contributed by atoms with E-state index in [9.17, 15) is 14.7 Å². The van der Waals surface area contributed by atoms with Gasteiger partial charge in [-0.15, -0.1) is 0 Å². The van der Waals surface area contributed by atoms with Crippen molar-refractivity contribution in [1.29, 1.82) is 0 Å². The molecule has 1 aromatic heterocycles. The van der Waals surface area contributed by atoms with E-state index in [1.807, 2.05) is 0 Å². The summed E-state index contributed by atoms with van der Waals surface area (Å²) in [7, 11) is 1.00. The van der Waals surface area contributed by atoms with Crippen LogP contribution < -0.4 is 11.2 Å². The number of aliphatic hydroxyl groups is 2. The smallest absolute Gasteiger partial charge is 0.330 e. The average Bonchev–Trinajstić information content (AvgIpc) is 2.81. The first-order valence-electron chi connectivity index (χ1n) is 5.67. The van der Waals surface area contributed by atoms with E-state index in [2.05, 4.69) is 4.98 Å². The first kappa shape index (κ1) is 14.6. The first-order valence-corrected chi connectivity index (χ1v) is 5.67. The normalized spacial score (nSPS) is 24.2. The van der Waals surface area contributed by atoms with Crippen molar-refractivity contribution in [3.8, 4) is 0 Å². The molecule has 3 N–H and O–H groups in total.